The third kappa shape index (κ3) is 8.43. The molecule has 2 aliphatic rings. The lowest BCUT2D eigenvalue weighted by Gasteiger charge is -2.46. The molecule has 0 spiro atoms. The first-order valence-electron chi connectivity index (χ1n) is 26.9. The van der Waals surface area contributed by atoms with E-state index in [9.17, 15) is 0 Å². The second-order valence-electron chi connectivity index (χ2n) is 21.9. The maximum Gasteiger partial charge on any atom is 0.252 e. The van der Waals surface area contributed by atoms with Gasteiger partial charge in [0.15, 0.2) is 0 Å². The summed E-state index contributed by atoms with van der Waals surface area (Å²) in [4.78, 5) is 5.24. The summed E-state index contributed by atoms with van der Waals surface area (Å²) in [5, 5.41) is 0. The molecule has 0 bridgehead atoms. The Labute approximate surface area is 449 Å². The molecule has 0 radical (unpaired) electrons. The van der Waals surface area contributed by atoms with Gasteiger partial charge in [0, 0.05) is 34.1 Å². The Balaban J connectivity index is 1.18. The first kappa shape index (κ1) is 46.8. The summed E-state index contributed by atoms with van der Waals surface area (Å²) < 4.78 is 0. The normalized spacial score (nSPS) is 12.6. The summed E-state index contributed by atoms with van der Waals surface area (Å²) in [5.41, 5.74) is 27.7. The largest absolute Gasteiger partial charge is 0.311 e. The molecule has 13 rings (SSSR count). The molecular weight excluding hydrogens is 916 g/mol. The van der Waals surface area contributed by atoms with Crippen LogP contribution in [0.1, 0.15) is 51.7 Å². The van der Waals surface area contributed by atoms with Gasteiger partial charge in [-0.05, 0) is 166 Å². The third-order valence-corrected chi connectivity index (χ3v) is 15.7. The number of rotatable bonds is 9. The van der Waals surface area contributed by atoms with E-state index in [0.29, 0.717) is 0 Å². The van der Waals surface area contributed by atoms with Gasteiger partial charge < -0.3 is 9.80 Å². The topological polar surface area (TPSA) is 6.48 Å². The van der Waals surface area contributed by atoms with E-state index in [2.05, 4.69) is 305 Å². The Morgan fingerprint density at radius 3 is 1.08 bits per heavy atom. The van der Waals surface area contributed by atoms with Gasteiger partial charge in [-0.25, -0.2) is 0 Å². The summed E-state index contributed by atoms with van der Waals surface area (Å²) in [6.07, 6.45) is 0. The van der Waals surface area contributed by atoms with E-state index in [-0.39, 0.29) is 18.0 Å². The zero-order valence-corrected chi connectivity index (χ0v) is 43.9. The highest BCUT2D eigenvalue weighted by atomic mass is 15.2. The second-order valence-corrected chi connectivity index (χ2v) is 21.9. The average Bonchev–Trinajstić information content (AvgIpc) is 3.67. The Morgan fingerprint density at radius 1 is 0.316 bits per heavy atom. The Hall–Kier alpha value is -8.92. The van der Waals surface area contributed by atoms with Gasteiger partial charge >= 0.3 is 0 Å². The lowest BCUT2D eigenvalue weighted by molar-refractivity contribution is 0.590. The average molecular weight is 975 g/mol. The van der Waals surface area contributed by atoms with Crippen molar-refractivity contribution in [2.45, 2.75) is 46.0 Å². The van der Waals surface area contributed by atoms with Crippen LogP contribution in [-0.2, 0) is 5.41 Å². The van der Waals surface area contributed by atoms with Crippen LogP contribution in [0.15, 0.2) is 261 Å². The minimum absolute atomic E-state index is 0.111. The summed E-state index contributed by atoms with van der Waals surface area (Å²) in [6, 6.07) is 97.4. The van der Waals surface area contributed by atoms with Gasteiger partial charge in [-0.3, -0.25) is 0 Å². The first-order valence-corrected chi connectivity index (χ1v) is 26.9. The standard InChI is InChI=1S/C73H59BN2/c1-49(2)64-48-69-67(47-65(64)55-34-22-11-23-35-55)74-66-44-56(50-24-12-6-13-25-50)36-37-68(66)75(62-40-57(51-26-14-7-15-27-51)38-58(41-62)52-28-16-8-17-29-52)70-45-61(73(3,4)5)46-71(72(70)74)76(69)63-42-59(53-30-18-9-19-31-53)39-60(43-63)54-32-20-10-21-33-54/h6-49H,1-5H3. The molecule has 0 saturated heterocycles. The molecule has 11 aromatic carbocycles. The number of hydrogen-bond acceptors (Lipinski definition) is 2. The highest BCUT2D eigenvalue weighted by Crippen LogP contribution is 2.50. The van der Waals surface area contributed by atoms with Crippen molar-refractivity contribution in [3.8, 4) is 66.8 Å². The van der Waals surface area contributed by atoms with E-state index >= 15 is 0 Å². The van der Waals surface area contributed by atoms with E-state index in [1.807, 2.05) is 0 Å². The molecule has 2 nitrogen and oxygen atoms in total. The molecule has 0 aromatic heterocycles. The fourth-order valence-electron chi connectivity index (χ4n) is 11.9. The zero-order chi connectivity index (χ0) is 51.5. The maximum atomic E-state index is 2.64. The molecule has 0 amide bonds. The first-order chi connectivity index (χ1) is 37.1. The van der Waals surface area contributed by atoms with Gasteiger partial charge in [0.1, 0.15) is 0 Å². The Kier molecular flexibility index (Phi) is 11.8. The van der Waals surface area contributed by atoms with Gasteiger partial charge in [-0.15, -0.1) is 0 Å². The van der Waals surface area contributed by atoms with Crippen LogP contribution >= 0.6 is 0 Å². The number of fused-ring (bicyclic) bond motifs is 4. The SMILES string of the molecule is CC(C)c1cc2c(cc1-c1ccccc1)B1c3cc(-c4ccccc4)ccc3N(c3cc(-c4ccccc4)cc(-c4ccccc4)c3)c3cc(C(C)(C)C)cc(c31)N2c1cc(-c2ccccc2)cc(-c2ccccc2)c1. The van der Waals surface area contributed by atoms with Crippen LogP contribution in [0.25, 0.3) is 66.8 Å². The van der Waals surface area contributed by atoms with Crippen molar-refractivity contribution >= 4 is 57.2 Å². The van der Waals surface area contributed by atoms with Crippen LogP contribution in [0, 0.1) is 0 Å². The summed E-state index contributed by atoms with van der Waals surface area (Å²) in [7, 11) is 0. The van der Waals surface area contributed by atoms with Crippen LogP contribution in [0.4, 0.5) is 34.1 Å². The lowest BCUT2D eigenvalue weighted by atomic mass is 9.33. The summed E-state index contributed by atoms with van der Waals surface area (Å²) >= 11 is 0. The molecule has 0 N–H and O–H groups in total. The van der Waals surface area contributed by atoms with Gasteiger partial charge in [0.2, 0.25) is 0 Å². The van der Waals surface area contributed by atoms with Gasteiger partial charge in [0.05, 0.1) is 0 Å². The number of hydrogen-bond donors (Lipinski definition) is 0. The summed E-state index contributed by atoms with van der Waals surface area (Å²) in [5.74, 6) is 0.255. The van der Waals surface area contributed by atoms with Crippen LogP contribution in [0.3, 0.4) is 0 Å². The van der Waals surface area contributed by atoms with Crippen LogP contribution in [0.2, 0.25) is 0 Å². The van der Waals surface area contributed by atoms with Gasteiger partial charge in [-0.1, -0.05) is 235 Å². The molecule has 0 saturated carbocycles. The monoisotopic (exact) mass is 974 g/mol. The van der Waals surface area contributed by atoms with E-state index < -0.39 is 0 Å². The molecule has 0 aliphatic carbocycles. The van der Waals surface area contributed by atoms with E-state index in [1.54, 1.807) is 0 Å². The van der Waals surface area contributed by atoms with Crippen LogP contribution in [0.5, 0.6) is 0 Å². The molecular formula is C73H59BN2. The highest BCUT2D eigenvalue weighted by Gasteiger charge is 2.45. The Bertz CT molecular complexity index is 3810. The third-order valence-electron chi connectivity index (χ3n) is 15.7. The number of nitrogens with zero attached hydrogens (tertiary/aromatic N) is 2. The summed E-state index contributed by atoms with van der Waals surface area (Å²) in [6.45, 7) is 11.7. The minimum atomic E-state index is -0.196. The smallest absolute Gasteiger partial charge is 0.252 e. The maximum absolute atomic E-state index is 2.64. The fourth-order valence-corrected chi connectivity index (χ4v) is 11.9. The van der Waals surface area contributed by atoms with Crippen molar-refractivity contribution in [3.63, 3.8) is 0 Å². The fraction of sp³-hybridized carbons (Fsp3) is 0.0959. The van der Waals surface area contributed by atoms with E-state index in [4.69, 9.17) is 0 Å². The lowest BCUT2D eigenvalue weighted by Crippen LogP contribution is -2.61. The molecule has 364 valence electrons. The number of anilines is 6. The van der Waals surface area contributed by atoms with Crippen molar-refractivity contribution in [2.75, 3.05) is 9.80 Å². The molecule has 0 unspecified atom stereocenters. The predicted octanol–water partition coefficient (Wildman–Crippen LogP) is 18.2. The van der Waals surface area contributed by atoms with E-state index in [0.717, 1.165) is 11.4 Å². The van der Waals surface area contributed by atoms with Crippen molar-refractivity contribution < 1.29 is 0 Å². The van der Waals surface area contributed by atoms with Crippen molar-refractivity contribution in [1.29, 1.82) is 0 Å². The van der Waals surface area contributed by atoms with Crippen LogP contribution in [-0.4, -0.2) is 6.71 Å². The van der Waals surface area contributed by atoms with E-state index in [1.165, 1.54) is 117 Å². The Morgan fingerprint density at radius 2 is 0.684 bits per heavy atom. The molecule has 0 atom stereocenters. The van der Waals surface area contributed by atoms with Crippen molar-refractivity contribution in [1.82, 2.24) is 0 Å². The van der Waals surface area contributed by atoms with Crippen molar-refractivity contribution in [3.05, 3.63) is 272 Å². The van der Waals surface area contributed by atoms with Crippen LogP contribution < -0.4 is 26.2 Å². The van der Waals surface area contributed by atoms with Crippen molar-refractivity contribution in [2.24, 2.45) is 0 Å². The molecule has 2 heterocycles. The molecule has 0 fully saturated rings. The zero-order valence-electron chi connectivity index (χ0n) is 43.9. The molecule has 76 heavy (non-hydrogen) atoms. The molecule has 3 heteroatoms. The predicted molar refractivity (Wildman–Crippen MR) is 326 cm³/mol. The van der Waals surface area contributed by atoms with Gasteiger partial charge in [-0.2, -0.15) is 0 Å². The molecule has 11 aromatic rings. The highest BCUT2D eigenvalue weighted by molar-refractivity contribution is 7.00. The second kappa shape index (κ2) is 19.1. The number of benzene rings is 11. The minimum Gasteiger partial charge on any atom is -0.311 e. The quantitative estimate of drug-likeness (QED) is 0.133. The van der Waals surface area contributed by atoms with Gasteiger partial charge in [0.25, 0.3) is 6.71 Å². The molecule has 2 aliphatic heterocycles.